The smallest absolute Gasteiger partial charge is 0.0593 e. The van der Waals surface area contributed by atoms with E-state index < -0.39 is 0 Å². The lowest BCUT2D eigenvalue weighted by Crippen LogP contribution is -2.28. The molecule has 0 aliphatic heterocycles. The van der Waals surface area contributed by atoms with Gasteiger partial charge in [-0.15, -0.1) is 0 Å². The molecule has 16 heavy (non-hydrogen) atoms. The van der Waals surface area contributed by atoms with Crippen molar-refractivity contribution in [1.29, 1.82) is 0 Å². The van der Waals surface area contributed by atoms with Crippen molar-refractivity contribution in [2.75, 3.05) is 46.4 Å². The van der Waals surface area contributed by atoms with E-state index in [9.17, 15) is 0 Å². The number of likely N-dealkylation sites (N-methyl/N-ethyl adjacent to an activating group) is 1. The molecule has 0 bridgehead atoms. The fraction of sp³-hybridized carbons (Fsp3) is 1.00. The van der Waals surface area contributed by atoms with E-state index in [2.05, 4.69) is 24.1 Å². The summed E-state index contributed by atoms with van der Waals surface area (Å²) in [5.74, 6) is 0. The zero-order valence-corrected chi connectivity index (χ0v) is 11.4. The van der Waals surface area contributed by atoms with E-state index >= 15 is 0 Å². The second kappa shape index (κ2) is 12.9. The van der Waals surface area contributed by atoms with Gasteiger partial charge in [-0.3, -0.25) is 0 Å². The normalized spacial score (nSPS) is 11.2. The second-order valence-corrected chi connectivity index (χ2v) is 4.15. The standard InChI is InChI=1S/C13H30N2O/c1-4-15(12-13-16-5-2)11-9-7-6-8-10-14-3/h14H,4-13H2,1-3H3. The van der Waals surface area contributed by atoms with Gasteiger partial charge in [-0.1, -0.05) is 19.8 Å². The van der Waals surface area contributed by atoms with Crippen LogP contribution in [0.4, 0.5) is 0 Å². The molecule has 1 N–H and O–H groups in total. The van der Waals surface area contributed by atoms with Gasteiger partial charge in [0.1, 0.15) is 0 Å². The van der Waals surface area contributed by atoms with Crippen molar-refractivity contribution in [2.24, 2.45) is 0 Å². The zero-order valence-electron chi connectivity index (χ0n) is 11.4. The lowest BCUT2D eigenvalue weighted by atomic mass is 10.2. The van der Waals surface area contributed by atoms with Crippen LogP contribution in [0.2, 0.25) is 0 Å². The molecule has 0 radical (unpaired) electrons. The van der Waals surface area contributed by atoms with Crippen LogP contribution in [0.25, 0.3) is 0 Å². The fourth-order valence-corrected chi connectivity index (χ4v) is 1.76. The summed E-state index contributed by atoms with van der Waals surface area (Å²) in [4.78, 5) is 2.48. The lowest BCUT2D eigenvalue weighted by molar-refractivity contribution is 0.114. The molecule has 0 aromatic heterocycles. The van der Waals surface area contributed by atoms with Crippen LogP contribution in [0.15, 0.2) is 0 Å². The highest BCUT2D eigenvalue weighted by molar-refractivity contribution is 4.55. The van der Waals surface area contributed by atoms with Crippen molar-refractivity contribution < 1.29 is 4.74 Å². The quantitative estimate of drug-likeness (QED) is 0.520. The first kappa shape index (κ1) is 15.9. The molecule has 0 aliphatic carbocycles. The van der Waals surface area contributed by atoms with Crippen LogP contribution >= 0.6 is 0 Å². The molecule has 0 aromatic rings. The van der Waals surface area contributed by atoms with Gasteiger partial charge in [-0.25, -0.2) is 0 Å². The summed E-state index contributed by atoms with van der Waals surface area (Å²) in [5.41, 5.74) is 0. The molecule has 98 valence electrons. The minimum atomic E-state index is 0.835. The molecule has 0 saturated heterocycles. The van der Waals surface area contributed by atoms with Gasteiger partial charge in [0.05, 0.1) is 6.61 Å². The van der Waals surface area contributed by atoms with Crippen LogP contribution < -0.4 is 5.32 Å². The number of ether oxygens (including phenoxy) is 1. The SMILES string of the molecule is CCOCCN(CC)CCCCCCNC. The highest BCUT2D eigenvalue weighted by Gasteiger charge is 2.01. The molecule has 0 amide bonds. The van der Waals surface area contributed by atoms with Crippen molar-refractivity contribution >= 4 is 0 Å². The zero-order chi connectivity index (χ0) is 12.1. The highest BCUT2D eigenvalue weighted by atomic mass is 16.5. The maximum absolute atomic E-state index is 5.38. The molecule has 0 atom stereocenters. The van der Waals surface area contributed by atoms with Crippen LogP contribution in [0.3, 0.4) is 0 Å². The van der Waals surface area contributed by atoms with E-state index in [1.54, 1.807) is 0 Å². The summed E-state index contributed by atoms with van der Waals surface area (Å²) < 4.78 is 5.38. The Hall–Kier alpha value is -0.120. The molecule has 0 fully saturated rings. The van der Waals surface area contributed by atoms with Gasteiger partial charge in [-0.05, 0) is 46.4 Å². The molecule has 0 aromatic carbocycles. The number of unbranched alkanes of at least 4 members (excludes halogenated alkanes) is 3. The Morgan fingerprint density at radius 2 is 1.75 bits per heavy atom. The predicted molar refractivity (Wildman–Crippen MR) is 71.0 cm³/mol. The van der Waals surface area contributed by atoms with Gasteiger partial charge in [-0.2, -0.15) is 0 Å². The molecule has 0 heterocycles. The number of hydrogen-bond donors (Lipinski definition) is 1. The van der Waals surface area contributed by atoms with Gasteiger partial charge in [0.15, 0.2) is 0 Å². The molecular weight excluding hydrogens is 200 g/mol. The van der Waals surface area contributed by atoms with Gasteiger partial charge >= 0.3 is 0 Å². The molecule has 0 rings (SSSR count). The topological polar surface area (TPSA) is 24.5 Å². The third kappa shape index (κ3) is 10.4. The fourth-order valence-electron chi connectivity index (χ4n) is 1.76. The van der Waals surface area contributed by atoms with Gasteiger partial charge < -0.3 is 15.0 Å². The van der Waals surface area contributed by atoms with Crippen molar-refractivity contribution in [3.05, 3.63) is 0 Å². The molecule has 0 spiro atoms. The minimum absolute atomic E-state index is 0.835. The van der Waals surface area contributed by atoms with Crippen LogP contribution in [-0.4, -0.2) is 51.3 Å². The Balaban J connectivity index is 3.26. The van der Waals surface area contributed by atoms with Crippen LogP contribution in [-0.2, 0) is 4.74 Å². The largest absolute Gasteiger partial charge is 0.380 e. The van der Waals surface area contributed by atoms with E-state index in [0.717, 1.165) is 32.8 Å². The summed E-state index contributed by atoms with van der Waals surface area (Å²) in [5, 5.41) is 3.19. The van der Waals surface area contributed by atoms with Gasteiger partial charge in [0, 0.05) is 13.2 Å². The first-order valence-electron chi connectivity index (χ1n) is 6.79. The summed E-state index contributed by atoms with van der Waals surface area (Å²) in [6, 6.07) is 0. The molecule has 0 saturated carbocycles. The molecular formula is C13H30N2O. The molecule has 3 nitrogen and oxygen atoms in total. The summed E-state index contributed by atoms with van der Waals surface area (Å²) in [6.45, 7) is 10.6. The number of rotatable bonds is 12. The average molecular weight is 230 g/mol. The summed E-state index contributed by atoms with van der Waals surface area (Å²) >= 11 is 0. The first-order valence-corrected chi connectivity index (χ1v) is 6.79. The summed E-state index contributed by atoms with van der Waals surface area (Å²) in [6.07, 6.45) is 5.34. The lowest BCUT2D eigenvalue weighted by Gasteiger charge is -2.19. The Bertz CT molecular complexity index is 131. The number of nitrogens with zero attached hydrogens (tertiary/aromatic N) is 1. The van der Waals surface area contributed by atoms with Gasteiger partial charge in [0.25, 0.3) is 0 Å². The monoisotopic (exact) mass is 230 g/mol. The molecule has 0 aliphatic rings. The van der Waals surface area contributed by atoms with E-state index in [0.29, 0.717) is 0 Å². The Labute approximate surface area is 102 Å². The van der Waals surface area contributed by atoms with Gasteiger partial charge in [0.2, 0.25) is 0 Å². The van der Waals surface area contributed by atoms with Crippen molar-refractivity contribution in [1.82, 2.24) is 10.2 Å². The Morgan fingerprint density at radius 3 is 2.38 bits per heavy atom. The highest BCUT2D eigenvalue weighted by Crippen LogP contribution is 2.01. The third-order valence-corrected chi connectivity index (χ3v) is 2.85. The molecule has 0 unspecified atom stereocenters. The van der Waals surface area contributed by atoms with Crippen molar-refractivity contribution in [3.63, 3.8) is 0 Å². The molecule has 3 heteroatoms. The first-order chi connectivity index (χ1) is 7.85. The second-order valence-electron chi connectivity index (χ2n) is 4.15. The van der Waals surface area contributed by atoms with Crippen LogP contribution in [0.1, 0.15) is 39.5 Å². The van der Waals surface area contributed by atoms with Crippen molar-refractivity contribution in [3.8, 4) is 0 Å². The average Bonchev–Trinajstić information content (AvgIpc) is 2.31. The Morgan fingerprint density at radius 1 is 1.00 bits per heavy atom. The maximum atomic E-state index is 5.38. The van der Waals surface area contributed by atoms with Crippen LogP contribution in [0, 0.1) is 0 Å². The minimum Gasteiger partial charge on any atom is -0.380 e. The number of nitrogens with one attached hydrogen (secondary N) is 1. The van der Waals surface area contributed by atoms with E-state index in [1.807, 2.05) is 7.05 Å². The van der Waals surface area contributed by atoms with E-state index in [-0.39, 0.29) is 0 Å². The predicted octanol–water partition coefficient (Wildman–Crippen LogP) is 2.12. The van der Waals surface area contributed by atoms with E-state index in [4.69, 9.17) is 4.74 Å². The third-order valence-electron chi connectivity index (χ3n) is 2.85. The van der Waals surface area contributed by atoms with E-state index in [1.165, 1.54) is 32.2 Å². The maximum Gasteiger partial charge on any atom is 0.0593 e. The summed E-state index contributed by atoms with van der Waals surface area (Å²) in [7, 11) is 2.02. The van der Waals surface area contributed by atoms with Crippen LogP contribution in [0.5, 0.6) is 0 Å². The van der Waals surface area contributed by atoms with Crippen molar-refractivity contribution in [2.45, 2.75) is 39.5 Å². The Kier molecular flexibility index (Phi) is 12.9. The number of hydrogen-bond acceptors (Lipinski definition) is 3.